The number of nitrogens with zero attached hydrogens (tertiary/aromatic N) is 3. The summed E-state index contributed by atoms with van der Waals surface area (Å²) < 4.78 is 8.70. The van der Waals surface area contributed by atoms with Crippen molar-refractivity contribution in [2.75, 3.05) is 0 Å². The van der Waals surface area contributed by atoms with Crippen LogP contribution in [0.15, 0.2) is 120 Å². The molecule has 3 aromatic carbocycles. The summed E-state index contributed by atoms with van der Waals surface area (Å²) in [6.45, 7) is 0. The molecule has 0 atom stereocenters. The summed E-state index contributed by atoms with van der Waals surface area (Å²) in [6, 6.07) is 35.2. The van der Waals surface area contributed by atoms with Gasteiger partial charge >= 0.3 is 0 Å². The van der Waals surface area contributed by atoms with Gasteiger partial charge in [-0.2, -0.15) is 0 Å². The average molecular weight is 438 g/mol. The minimum absolute atomic E-state index is 0.870. The summed E-state index contributed by atoms with van der Waals surface area (Å²) in [6.07, 6.45) is 3.59. The van der Waals surface area contributed by atoms with E-state index in [1.165, 1.54) is 0 Å². The Labute approximate surface area is 195 Å². The van der Waals surface area contributed by atoms with E-state index < -0.39 is 0 Å². The molecular weight excluding hydrogens is 418 g/mol. The van der Waals surface area contributed by atoms with Crippen LogP contribution < -0.4 is 0 Å². The number of hydrogen-bond donors (Lipinski definition) is 0. The molecule has 4 nitrogen and oxygen atoms in total. The Morgan fingerprint density at radius 1 is 0.647 bits per heavy atom. The molecule has 4 aromatic heterocycles. The van der Waals surface area contributed by atoms with E-state index in [1.54, 1.807) is 12.4 Å². The molecule has 7 rings (SSSR count). The number of aromatic nitrogens is 3. The molecule has 0 aliphatic heterocycles. The summed E-state index contributed by atoms with van der Waals surface area (Å²) in [7, 11) is 0. The van der Waals surface area contributed by atoms with Crippen LogP contribution in [0.1, 0.15) is 0 Å². The zero-order valence-electron chi connectivity index (χ0n) is 18.2. The van der Waals surface area contributed by atoms with E-state index in [0.717, 1.165) is 61.2 Å². The van der Waals surface area contributed by atoms with Crippen LogP contribution in [0.5, 0.6) is 0 Å². The van der Waals surface area contributed by atoms with Gasteiger partial charge in [0.2, 0.25) is 0 Å². The molecule has 0 aliphatic carbocycles. The van der Waals surface area contributed by atoms with E-state index in [1.807, 2.05) is 36.4 Å². The third-order valence-corrected chi connectivity index (χ3v) is 6.32. The first-order valence-corrected chi connectivity index (χ1v) is 11.3. The summed E-state index contributed by atoms with van der Waals surface area (Å²) in [5.74, 6) is 1.74. The largest absolute Gasteiger partial charge is 0.455 e. The van der Waals surface area contributed by atoms with Crippen molar-refractivity contribution in [2.24, 2.45) is 0 Å². The van der Waals surface area contributed by atoms with Crippen LogP contribution in [-0.4, -0.2) is 14.5 Å². The van der Waals surface area contributed by atoms with E-state index in [2.05, 4.69) is 76.3 Å². The zero-order chi connectivity index (χ0) is 22.5. The standard InChI is InChI=1S/C30H19N3O/c1-2-7-21(8-3-1)27-19-22-13-14-26-29(30(22)34-27)23-9-4-5-11-25(23)33(26)28-12-6-10-24(32-28)20-15-17-31-18-16-20/h1-19H. The van der Waals surface area contributed by atoms with Crippen LogP contribution >= 0.6 is 0 Å². The van der Waals surface area contributed by atoms with E-state index in [9.17, 15) is 0 Å². The molecule has 4 heterocycles. The molecule has 0 saturated heterocycles. The molecule has 0 aliphatic rings. The fraction of sp³-hybridized carbons (Fsp3) is 0. The molecule has 4 heteroatoms. The predicted molar refractivity (Wildman–Crippen MR) is 137 cm³/mol. The number of rotatable bonds is 3. The molecule has 0 unspecified atom stereocenters. The summed E-state index contributed by atoms with van der Waals surface area (Å²) in [5.41, 5.74) is 6.10. The fourth-order valence-electron chi connectivity index (χ4n) is 4.77. The number of para-hydroxylation sites is 1. The number of pyridine rings is 2. The Bertz CT molecular complexity index is 1800. The second kappa shape index (κ2) is 7.42. The molecule has 7 aromatic rings. The SMILES string of the molecule is c1ccc(-c2cc3ccc4c(c5ccccc5n4-c4cccc(-c5ccncc5)n4)c3o2)cc1. The van der Waals surface area contributed by atoms with Crippen LogP contribution in [-0.2, 0) is 0 Å². The van der Waals surface area contributed by atoms with E-state index in [0.29, 0.717) is 0 Å². The molecule has 0 radical (unpaired) electrons. The lowest BCUT2D eigenvalue weighted by Crippen LogP contribution is -1.98. The average Bonchev–Trinajstić information content (AvgIpc) is 3.49. The van der Waals surface area contributed by atoms with Crippen molar-refractivity contribution in [3.8, 4) is 28.4 Å². The molecule has 0 fully saturated rings. The molecule has 0 bridgehead atoms. The van der Waals surface area contributed by atoms with Crippen molar-refractivity contribution in [3.05, 3.63) is 116 Å². The first-order valence-electron chi connectivity index (χ1n) is 11.3. The van der Waals surface area contributed by atoms with Crippen molar-refractivity contribution in [1.82, 2.24) is 14.5 Å². The highest BCUT2D eigenvalue weighted by Crippen LogP contribution is 2.39. The van der Waals surface area contributed by atoms with Crippen molar-refractivity contribution in [1.29, 1.82) is 0 Å². The molecular formula is C30H19N3O. The second-order valence-corrected chi connectivity index (χ2v) is 8.32. The highest BCUT2D eigenvalue weighted by atomic mass is 16.3. The van der Waals surface area contributed by atoms with Crippen LogP contribution in [0, 0.1) is 0 Å². The highest BCUT2D eigenvalue weighted by molar-refractivity contribution is 6.19. The van der Waals surface area contributed by atoms with Crippen molar-refractivity contribution >= 4 is 32.8 Å². The fourth-order valence-corrected chi connectivity index (χ4v) is 4.77. The van der Waals surface area contributed by atoms with Crippen LogP contribution in [0.3, 0.4) is 0 Å². The Morgan fingerprint density at radius 2 is 1.47 bits per heavy atom. The maximum atomic E-state index is 6.48. The molecule has 0 N–H and O–H groups in total. The van der Waals surface area contributed by atoms with Crippen LogP contribution in [0.4, 0.5) is 0 Å². The lowest BCUT2D eigenvalue weighted by atomic mass is 10.1. The third kappa shape index (κ3) is 2.86. The van der Waals surface area contributed by atoms with Gasteiger partial charge in [0.05, 0.1) is 22.1 Å². The normalized spacial score (nSPS) is 11.5. The minimum Gasteiger partial charge on any atom is -0.455 e. The lowest BCUT2D eigenvalue weighted by molar-refractivity contribution is 0.635. The zero-order valence-corrected chi connectivity index (χ0v) is 18.2. The predicted octanol–water partition coefficient (Wildman–Crippen LogP) is 7.65. The van der Waals surface area contributed by atoms with Crippen molar-refractivity contribution < 1.29 is 4.42 Å². The summed E-state index contributed by atoms with van der Waals surface area (Å²) in [4.78, 5) is 9.16. The first kappa shape index (κ1) is 18.8. The van der Waals surface area contributed by atoms with Gasteiger partial charge in [-0.25, -0.2) is 4.98 Å². The minimum atomic E-state index is 0.870. The van der Waals surface area contributed by atoms with E-state index >= 15 is 0 Å². The van der Waals surface area contributed by atoms with Crippen molar-refractivity contribution in [3.63, 3.8) is 0 Å². The van der Waals surface area contributed by atoms with Crippen LogP contribution in [0.2, 0.25) is 0 Å². The monoisotopic (exact) mass is 437 g/mol. The maximum absolute atomic E-state index is 6.48. The smallest absolute Gasteiger partial charge is 0.144 e. The summed E-state index contributed by atoms with van der Waals surface area (Å²) in [5, 5.41) is 3.34. The number of benzene rings is 3. The maximum Gasteiger partial charge on any atom is 0.144 e. The highest BCUT2D eigenvalue weighted by Gasteiger charge is 2.18. The molecule has 0 spiro atoms. The van der Waals surface area contributed by atoms with Crippen LogP contribution in [0.25, 0.3) is 61.2 Å². The third-order valence-electron chi connectivity index (χ3n) is 6.32. The Balaban J connectivity index is 1.52. The first-order chi connectivity index (χ1) is 16.9. The number of hydrogen-bond acceptors (Lipinski definition) is 3. The molecule has 160 valence electrons. The van der Waals surface area contributed by atoms with Gasteiger partial charge in [0, 0.05) is 34.3 Å². The van der Waals surface area contributed by atoms with E-state index in [-0.39, 0.29) is 0 Å². The van der Waals surface area contributed by atoms with Gasteiger partial charge in [0.25, 0.3) is 0 Å². The Hall–Kier alpha value is -4.70. The van der Waals surface area contributed by atoms with Gasteiger partial charge in [-0.05, 0) is 48.5 Å². The number of furan rings is 1. The molecule has 0 amide bonds. The molecule has 0 saturated carbocycles. The lowest BCUT2D eigenvalue weighted by Gasteiger charge is -2.09. The van der Waals surface area contributed by atoms with Crippen molar-refractivity contribution in [2.45, 2.75) is 0 Å². The summed E-state index contributed by atoms with van der Waals surface area (Å²) >= 11 is 0. The molecule has 34 heavy (non-hydrogen) atoms. The number of fused-ring (bicyclic) bond motifs is 5. The Morgan fingerprint density at radius 3 is 2.35 bits per heavy atom. The Kier molecular flexibility index (Phi) is 4.11. The van der Waals surface area contributed by atoms with Gasteiger partial charge in [-0.1, -0.05) is 54.6 Å². The topological polar surface area (TPSA) is 43.9 Å². The van der Waals surface area contributed by atoms with Gasteiger partial charge in [0.15, 0.2) is 0 Å². The second-order valence-electron chi connectivity index (χ2n) is 8.32. The van der Waals surface area contributed by atoms with Gasteiger partial charge in [0.1, 0.15) is 17.2 Å². The van der Waals surface area contributed by atoms with Gasteiger partial charge < -0.3 is 4.42 Å². The van der Waals surface area contributed by atoms with E-state index in [4.69, 9.17) is 9.40 Å². The van der Waals surface area contributed by atoms with Gasteiger partial charge in [-0.15, -0.1) is 0 Å². The quantitative estimate of drug-likeness (QED) is 0.285. The van der Waals surface area contributed by atoms with Gasteiger partial charge in [-0.3, -0.25) is 9.55 Å².